The molecular formula is C16H15F3N2O3S. The summed E-state index contributed by atoms with van der Waals surface area (Å²) in [6, 6.07) is 6.11. The molecule has 9 heteroatoms. The van der Waals surface area contributed by atoms with Gasteiger partial charge in [-0.2, -0.15) is 13.2 Å². The van der Waals surface area contributed by atoms with Gasteiger partial charge in [-0.1, -0.05) is 29.8 Å². The maximum atomic E-state index is 12.4. The summed E-state index contributed by atoms with van der Waals surface area (Å²) in [5.74, 6) is -3.17. The number of alkyl halides is 3. The molecule has 0 aliphatic carbocycles. The Morgan fingerprint density at radius 1 is 1.28 bits per heavy atom. The first kappa shape index (κ1) is 18.9. The first-order valence-electron chi connectivity index (χ1n) is 7.17. The number of benzene rings is 1. The summed E-state index contributed by atoms with van der Waals surface area (Å²) in [6.45, 7) is 1.95. The van der Waals surface area contributed by atoms with E-state index in [0.717, 1.165) is 18.2 Å². The predicted molar refractivity (Wildman–Crippen MR) is 86.0 cm³/mol. The van der Waals surface area contributed by atoms with Gasteiger partial charge in [-0.3, -0.25) is 4.79 Å². The van der Waals surface area contributed by atoms with Crippen LogP contribution in [0.1, 0.15) is 11.3 Å². The van der Waals surface area contributed by atoms with Crippen molar-refractivity contribution in [3.63, 3.8) is 0 Å². The van der Waals surface area contributed by atoms with Crippen LogP contribution in [0, 0.1) is 6.92 Å². The van der Waals surface area contributed by atoms with E-state index in [9.17, 15) is 22.8 Å². The average Bonchev–Trinajstić information content (AvgIpc) is 3.01. The van der Waals surface area contributed by atoms with E-state index < -0.39 is 24.1 Å². The minimum absolute atomic E-state index is 0.198. The maximum Gasteiger partial charge on any atom is 0.471 e. The van der Waals surface area contributed by atoms with Gasteiger partial charge in [0.25, 0.3) is 0 Å². The van der Waals surface area contributed by atoms with Crippen molar-refractivity contribution in [1.82, 2.24) is 10.3 Å². The Balaban J connectivity index is 2.15. The van der Waals surface area contributed by atoms with Crippen LogP contribution >= 0.6 is 11.3 Å². The summed E-state index contributed by atoms with van der Waals surface area (Å²) in [7, 11) is 1.04. The molecule has 1 aromatic carbocycles. The molecule has 0 spiro atoms. The number of amides is 1. The molecular weight excluding hydrogens is 357 g/mol. The monoisotopic (exact) mass is 372 g/mol. The highest BCUT2D eigenvalue weighted by molar-refractivity contribution is 7.13. The van der Waals surface area contributed by atoms with Gasteiger partial charge >= 0.3 is 18.1 Å². The lowest BCUT2D eigenvalue weighted by atomic mass is 10.1. The molecule has 1 heterocycles. The number of ether oxygens (including phenoxy) is 1. The first-order chi connectivity index (χ1) is 11.7. The molecule has 0 saturated heterocycles. The number of carbonyl (C=O) groups is 2. The van der Waals surface area contributed by atoms with Gasteiger partial charge in [-0.15, -0.1) is 11.3 Å². The number of methoxy groups -OCH3 is 1. The number of hydrogen-bond acceptors (Lipinski definition) is 5. The van der Waals surface area contributed by atoms with Gasteiger partial charge in [-0.05, 0) is 6.92 Å². The molecule has 0 aliphatic rings. The number of nitrogens with zero attached hydrogens (tertiary/aromatic N) is 1. The third kappa shape index (κ3) is 5.02. The molecule has 0 bridgehead atoms. The Kier molecular flexibility index (Phi) is 5.78. The fourth-order valence-corrected chi connectivity index (χ4v) is 2.85. The van der Waals surface area contributed by atoms with Crippen LogP contribution in [0.5, 0.6) is 0 Å². The highest BCUT2D eigenvalue weighted by Crippen LogP contribution is 2.25. The molecule has 2 rings (SSSR count). The van der Waals surface area contributed by atoms with Crippen molar-refractivity contribution in [2.75, 3.05) is 7.11 Å². The minimum Gasteiger partial charge on any atom is -0.467 e. The van der Waals surface area contributed by atoms with Crippen LogP contribution in [0.2, 0.25) is 0 Å². The normalized spacial score (nSPS) is 12.5. The molecule has 1 aromatic heterocycles. The average molecular weight is 372 g/mol. The molecule has 1 amide bonds. The lowest BCUT2D eigenvalue weighted by molar-refractivity contribution is -0.175. The molecule has 0 saturated carbocycles. The van der Waals surface area contributed by atoms with Crippen LogP contribution in [0.4, 0.5) is 13.2 Å². The smallest absolute Gasteiger partial charge is 0.467 e. The van der Waals surface area contributed by atoms with Crippen molar-refractivity contribution < 1.29 is 27.5 Å². The molecule has 1 N–H and O–H groups in total. The van der Waals surface area contributed by atoms with E-state index in [1.54, 1.807) is 10.7 Å². The van der Waals surface area contributed by atoms with E-state index >= 15 is 0 Å². The summed E-state index contributed by atoms with van der Waals surface area (Å²) in [5.41, 5.74) is 2.33. The van der Waals surface area contributed by atoms with Gasteiger partial charge in [0.1, 0.15) is 11.0 Å². The fourth-order valence-electron chi connectivity index (χ4n) is 2.01. The van der Waals surface area contributed by atoms with Crippen molar-refractivity contribution in [2.45, 2.75) is 25.6 Å². The standard InChI is InChI=1S/C16H15F3N2O3S/c1-9-3-5-10(6-4-9)13-20-11(8-25-13)7-12(14(22)24-2)21-15(23)16(17,18)19/h3-6,8,12H,7H2,1-2H3,(H,21,23). The van der Waals surface area contributed by atoms with Gasteiger partial charge in [-0.25, -0.2) is 9.78 Å². The Bertz CT molecular complexity index is 757. The molecule has 0 aliphatic heterocycles. The number of aryl methyl sites for hydroxylation is 1. The van der Waals surface area contributed by atoms with E-state index in [0.29, 0.717) is 10.7 Å². The van der Waals surface area contributed by atoms with E-state index in [1.165, 1.54) is 11.3 Å². The largest absolute Gasteiger partial charge is 0.471 e. The first-order valence-corrected chi connectivity index (χ1v) is 8.05. The lowest BCUT2D eigenvalue weighted by Crippen LogP contribution is -2.48. The SMILES string of the molecule is COC(=O)C(Cc1csc(-c2ccc(C)cc2)n1)NC(=O)C(F)(F)F. The third-order valence-electron chi connectivity index (χ3n) is 3.31. The Labute approximate surface area is 145 Å². The van der Waals surface area contributed by atoms with Crippen LogP contribution in [0.25, 0.3) is 10.6 Å². The number of halogens is 3. The van der Waals surface area contributed by atoms with E-state index in [4.69, 9.17) is 0 Å². The van der Waals surface area contributed by atoms with E-state index in [1.807, 2.05) is 31.2 Å². The Hall–Kier alpha value is -2.42. The number of hydrogen-bond donors (Lipinski definition) is 1. The van der Waals surface area contributed by atoms with Gasteiger partial charge in [0.2, 0.25) is 0 Å². The molecule has 5 nitrogen and oxygen atoms in total. The van der Waals surface area contributed by atoms with Crippen LogP contribution in [0.15, 0.2) is 29.6 Å². The number of aromatic nitrogens is 1. The Morgan fingerprint density at radius 2 is 1.92 bits per heavy atom. The zero-order chi connectivity index (χ0) is 18.6. The van der Waals surface area contributed by atoms with Gasteiger partial charge in [0.15, 0.2) is 0 Å². The zero-order valence-corrected chi connectivity index (χ0v) is 14.2. The van der Waals surface area contributed by atoms with Gasteiger partial charge in [0.05, 0.1) is 12.8 Å². The number of carbonyl (C=O) groups excluding carboxylic acids is 2. The fraction of sp³-hybridized carbons (Fsp3) is 0.312. The van der Waals surface area contributed by atoms with Crippen molar-refractivity contribution in [3.8, 4) is 10.6 Å². The number of thiazole rings is 1. The second-order valence-corrected chi connectivity index (χ2v) is 6.12. The van der Waals surface area contributed by atoms with Crippen molar-refractivity contribution >= 4 is 23.2 Å². The molecule has 0 radical (unpaired) electrons. The van der Waals surface area contributed by atoms with Crippen LogP contribution < -0.4 is 5.32 Å². The second-order valence-electron chi connectivity index (χ2n) is 5.26. The molecule has 2 aromatic rings. The minimum atomic E-state index is -5.08. The summed E-state index contributed by atoms with van der Waals surface area (Å²) in [6.07, 6.45) is -5.28. The van der Waals surface area contributed by atoms with Gasteiger partial charge < -0.3 is 10.1 Å². The second kappa shape index (κ2) is 7.64. The van der Waals surface area contributed by atoms with Crippen LogP contribution in [0.3, 0.4) is 0 Å². The van der Waals surface area contributed by atoms with Crippen LogP contribution in [-0.4, -0.2) is 36.2 Å². The summed E-state index contributed by atoms with van der Waals surface area (Å²) < 4.78 is 41.6. The summed E-state index contributed by atoms with van der Waals surface area (Å²) in [4.78, 5) is 27.1. The van der Waals surface area contributed by atoms with Crippen molar-refractivity contribution in [3.05, 3.63) is 40.9 Å². The summed E-state index contributed by atoms with van der Waals surface area (Å²) >= 11 is 1.30. The highest BCUT2D eigenvalue weighted by atomic mass is 32.1. The van der Waals surface area contributed by atoms with E-state index in [-0.39, 0.29) is 6.42 Å². The quantitative estimate of drug-likeness (QED) is 0.820. The van der Waals surface area contributed by atoms with Gasteiger partial charge in [0, 0.05) is 17.4 Å². The Morgan fingerprint density at radius 3 is 2.48 bits per heavy atom. The summed E-state index contributed by atoms with van der Waals surface area (Å²) in [5, 5.41) is 3.94. The molecule has 134 valence electrons. The molecule has 0 fully saturated rings. The number of esters is 1. The molecule has 1 atom stereocenters. The predicted octanol–water partition coefficient (Wildman–Crippen LogP) is 2.88. The maximum absolute atomic E-state index is 12.4. The lowest BCUT2D eigenvalue weighted by Gasteiger charge is -2.16. The molecule has 25 heavy (non-hydrogen) atoms. The van der Waals surface area contributed by atoms with E-state index in [2.05, 4.69) is 9.72 Å². The third-order valence-corrected chi connectivity index (χ3v) is 4.25. The van der Waals surface area contributed by atoms with Crippen LogP contribution in [-0.2, 0) is 20.7 Å². The highest BCUT2D eigenvalue weighted by Gasteiger charge is 2.41. The van der Waals surface area contributed by atoms with Crippen molar-refractivity contribution in [2.24, 2.45) is 0 Å². The number of nitrogens with one attached hydrogen (secondary N) is 1. The topological polar surface area (TPSA) is 68.3 Å². The van der Waals surface area contributed by atoms with Crippen molar-refractivity contribution in [1.29, 1.82) is 0 Å². The number of rotatable bonds is 5. The zero-order valence-electron chi connectivity index (χ0n) is 13.4. The molecule has 1 unspecified atom stereocenters.